The summed E-state index contributed by atoms with van der Waals surface area (Å²) in [6, 6.07) is 8.57. The Morgan fingerprint density at radius 1 is 1.33 bits per heavy atom. The Kier molecular flexibility index (Phi) is 4.03. The second kappa shape index (κ2) is 5.95. The number of benzene rings is 1. The zero-order valence-corrected chi connectivity index (χ0v) is 12.3. The third-order valence-electron chi connectivity index (χ3n) is 3.67. The molecule has 1 aromatic heterocycles. The third-order valence-corrected chi connectivity index (χ3v) is 4.53. The summed E-state index contributed by atoms with van der Waals surface area (Å²) < 4.78 is 13.9. The third kappa shape index (κ3) is 3.49. The Labute approximate surface area is 126 Å². The topological polar surface area (TPSA) is 40.5 Å². The molecule has 1 fully saturated rings. The second-order valence-electron chi connectivity index (χ2n) is 5.33. The van der Waals surface area contributed by atoms with Crippen molar-refractivity contribution in [2.24, 2.45) is 0 Å². The van der Waals surface area contributed by atoms with E-state index in [1.165, 1.54) is 23.1 Å². The summed E-state index contributed by atoms with van der Waals surface area (Å²) >= 11 is 1.69. The molecular formula is C16H16FNO2S. The van der Waals surface area contributed by atoms with Crippen molar-refractivity contribution in [3.63, 3.8) is 0 Å². The van der Waals surface area contributed by atoms with Gasteiger partial charge in [0.2, 0.25) is 0 Å². The van der Waals surface area contributed by atoms with Crippen LogP contribution in [0, 0.1) is 5.82 Å². The standard InChI is InChI=1S/C16H16FNO2S/c17-15-6-3-11(16(19)20)8-12(15)9-18(13-4-5-13)10-14-2-1-7-21-14/h1-3,6-8,13H,4-5,9-10H2,(H,19,20). The number of nitrogens with zero attached hydrogens (tertiary/aromatic N) is 1. The molecule has 0 amide bonds. The average molecular weight is 305 g/mol. The molecule has 3 rings (SSSR count). The van der Waals surface area contributed by atoms with Crippen LogP contribution in [-0.2, 0) is 13.1 Å². The van der Waals surface area contributed by atoms with Crippen LogP contribution in [0.4, 0.5) is 4.39 Å². The monoisotopic (exact) mass is 305 g/mol. The van der Waals surface area contributed by atoms with Crippen LogP contribution in [0.25, 0.3) is 0 Å². The number of carboxylic acids is 1. The van der Waals surface area contributed by atoms with Crippen LogP contribution in [-0.4, -0.2) is 22.0 Å². The molecule has 0 aliphatic heterocycles. The van der Waals surface area contributed by atoms with Crippen molar-refractivity contribution in [2.75, 3.05) is 0 Å². The highest BCUT2D eigenvalue weighted by atomic mass is 32.1. The first kappa shape index (κ1) is 14.2. The van der Waals surface area contributed by atoms with E-state index in [1.54, 1.807) is 11.3 Å². The minimum absolute atomic E-state index is 0.137. The van der Waals surface area contributed by atoms with Crippen LogP contribution in [0.3, 0.4) is 0 Å². The highest BCUT2D eigenvalue weighted by Crippen LogP contribution is 2.31. The average Bonchev–Trinajstić information content (AvgIpc) is 3.18. The first-order chi connectivity index (χ1) is 10.1. The van der Waals surface area contributed by atoms with Gasteiger partial charge in [-0.1, -0.05) is 6.07 Å². The highest BCUT2D eigenvalue weighted by molar-refractivity contribution is 7.09. The number of aromatic carboxylic acids is 1. The fourth-order valence-corrected chi connectivity index (χ4v) is 3.13. The maximum Gasteiger partial charge on any atom is 0.335 e. The van der Waals surface area contributed by atoms with E-state index in [-0.39, 0.29) is 11.4 Å². The number of hydrogen-bond acceptors (Lipinski definition) is 3. The van der Waals surface area contributed by atoms with Crippen molar-refractivity contribution in [2.45, 2.75) is 32.0 Å². The van der Waals surface area contributed by atoms with Crippen molar-refractivity contribution in [3.8, 4) is 0 Å². The van der Waals surface area contributed by atoms with Crippen LogP contribution in [0.15, 0.2) is 35.7 Å². The number of halogens is 1. The minimum atomic E-state index is -1.02. The molecule has 0 atom stereocenters. The van der Waals surface area contributed by atoms with Gasteiger partial charge in [0.05, 0.1) is 5.56 Å². The van der Waals surface area contributed by atoms with Crippen LogP contribution >= 0.6 is 11.3 Å². The SMILES string of the molecule is O=C(O)c1ccc(F)c(CN(Cc2cccs2)C2CC2)c1. The van der Waals surface area contributed by atoms with Crippen molar-refractivity contribution >= 4 is 17.3 Å². The van der Waals surface area contributed by atoms with E-state index in [0.29, 0.717) is 18.2 Å². The Hall–Kier alpha value is -1.72. The summed E-state index contributed by atoms with van der Waals surface area (Å²) in [7, 11) is 0. The molecule has 110 valence electrons. The Morgan fingerprint density at radius 3 is 2.76 bits per heavy atom. The normalized spacial score (nSPS) is 14.6. The molecule has 1 saturated carbocycles. The molecule has 0 saturated heterocycles. The van der Waals surface area contributed by atoms with Gasteiger partial charge >= 0.3 is 5.97 Å². The van der Waals surface area contributed by atoms with Crippen LogP contribution in [0.2, 0.25) is 0 Å². The van der Waals surface area contributed by atoms with Gasteiger partial charge < -0.3 is 5.11 Å². The smallest absolute Gasteiger partial charge is 0.335 e. The molecule has 1 N–H and O–H groups in total. The van der Waals surface area contributed by atoms with Gasteiger partial charge in [0, 0.05) is 29.6 Å². The van der Waals surface area contributed by atoms with Gasteiger partial charge in [-0.3, -0.25) is 4.90 Å². The number of rotatable bonds is 6. The number of carboxylic acid groups (broad SMARTS) is 1. The van der Waals surface area contributed by atoms with Gasteiger partial charge in [0.25, 0.3) is 0 Å². The summed E-state index contributed by atoms with van der Waals surface area (Å²) in [4.78, 5) is 14.5. The lowest BCUT2D eigenvalue weighted by Gasteiger charge is -2.21. The summed E-state index contributed by atoms with van der Waals surface area (Å²) in [5.74, 6) is -1.36. The maximum atomic E-state index is 13.9. The molecule has 0 unspecified atom stereocenters. The first-order valence-electron chi connectivity index (χ1n) is 6.91. The van der Waals surface area contributed by atoms with Crippen molar-refractivity contribution in [3.05, 3.63) is 57.5 Å². The quantitative estimate of drug-likeness (QED) is 0.883. The first-order valence-corrected chi connectivity index (χ1v) is 7.79. The van der Waals surface area contributed by atoms with Crippen molar-refractivity contribution < 1.29 is 14.3 Å². The molecular weight excluding hydrogens is 289 g/mol. The van der Waals surface area contributed by atoms with Gasteiger partial charge in [-0.2, -0.15) is 0 Å². The van der Waals surface area contributed by atoms with E-state index >= 15 is 0 Å². The predicted molar refractivity (Wildman–Crippen MR) is 79.9 cm³/mol. The molecule has 3 nitrogen and oxygen atoms in total. The molecule has 21 heavy (non-hydrogen) atoms. The molecule has 5 heteroatoms. The summed E-state index contributed by atoms with van der Waals surface area (Å²) in [5, 5.41) is 11.1. The zero-order chi connectivity index (χ0) is 14.8. The van der Waals surface area contributed by atoms with Crippen LogP contribution in [0.1, 0.15) is 33.6 Å². The van der Waals surface area contributed by atoms with Crippen molar-refractivity contribution in [1.29, 1.82) is 0 Å². The molecule has 0 radical (unpaired) electrons. The lowest BCUT2D eigenvalue weighted by Crippen LogP contribution is -2.25. The second-order valence-corrected chi connectivity index (χ2v) is 6.36. The van der Waals surface area contributed by atoms with E-state index in [2.05, 4.69) is 11.0 Å². The Balaban J connectivity index is 1.79. The fraction of sp³-hybridized carbons (Fsp3) is 0.312. The summed E-state index contributed by atoms with van der Waals surface area (Å²) in [6.07, 6.45) is 2.26. The number of thiophene rings is 1. The highest BCUT2D eigenvalue weighted by Gasteiger charge is 2.29. The van der Waals surface area contributed by atoms with Gasteiger partial charge in [-0.05, 0) is 42.5 Å². The van der Waals surface area contributed by atoms with E-state index in [1.807, 2.05) is 11.4 Å². The van der Waals surface area contributed by atoms with Crippen molar-refractivity contribution in [1.82, 2.24) is 4.90 Å². The molecule has 0 bridgehead atoms. The lowest BCUT2D eigenvalue weighted by molar-refractivity contribution is 0.0696. The largest absolute Gasteiger partial charge is 0.478 e. The molecule has 1 heterocycles. The molecule has 1 aromatic carbocycles. The van der Waals surface area contributed by atoms with Gasteiger partial charge in [0.1, 0.15) is 5.82 Å². The maximum absolute atomic E-state index is 13.9. The van der Waals surface area contributed by atoms with Crippen LogP contribution in [0.5, 0.6) is 0 Å². The van der Waals surface area contributed by atoms with Gasteiger partial charge in [-0.15, -0.1) is 11.3 Å². The summed E-state index contributed by atoms with van der Waals surface area (Å²) in [6.45, 7) is 1.24. The Bertz CT molecular complexity index is 638. The zero-order valence-electron chi connectivity index (χ0n) is 11.5. The Morgan fingerprint density at radius 2 is 2.14 bits per heavy atom. The molecule has 2 aromatic rings. The van der Waals surface area contributed by atoms with E-state index < -0.39 is 5.97 Å². The number of hydrogen-bond donors (Lipinski definition) is 1. The van der Waals surface area contributed by atoms with Gasteiger partial charge in [0.15, 0.2) is 0 Å². The number of carbonyl (C=O) groups is 1. The fourth-order valence-electron chi connectivity index (χ4n) is 2.40. The molecule has 1 aliphatic rings. The minimum Gasteiger partial charge on any atom is -0.478 e. The van der Waals surface area contributed by atoms with E-state index in [4.69, 9.17) is 5.11 Å². The van der Waals surface area contributed by atoms with E-state index in [0.717, 1.165) is 19.4 Å². The van der Waals surface area contributed by atoms with E-state index in [9.17, 15) is 9.18 Å². The summed E-state index contributed by atoms with van der Waals surface area (Å²) in [5.41, 5.74) is 0.594. The molecule has 1 aliphatic carbocycles. The van der Waals surface area contributed by atoms with Crippen LogP contribution < -0.4 is 0 Å². The van der Waals surface area contributed by atoms with Gasteiger partial charge in [-0.25, -0.2) is 9.18 Å². The lowest BCUT2D eigenvalue weighted by atomic mass is 10.1. The predicted octanol–water partition coefficient (Wildman–Crippen LogP) is 3.75. The molecule has 0 spiro atoms.